The topological polar surface area (TPSA) is 46.0 Å². The highest BCUT2D eigenvalue weighted by Crippen LogP contribution is 2.20. The Labute approximate surface area is 159 Å². The molecule has 1 heterocycles. The van der Waals surface area contributed by atoms with Crippen molar-refractivity contribution in [1.29, 1.82) is 0 Å². The average Bonchev–Trinajstić information content (AvgIpc) is 2.65. The van der Waals surface area contributed by atoms with Crippen LogP contribution in [-0.4, -0.2) is 45.7 Å². The van der Waals surface area contributed by atoms with Crippen LogP contribution in [0.2, 0.25) is 5.02 Å². The summed E-state index contributed by atoms with van der Waals surface area (Å²) in [5.41, 5.74) is 2.95. The molecule has 2 aromatic rings. The second-order valence-electron chi connectivity index (χ2n) is 6.62. The monoisotopic (exact) mass is 374 g/mol. The summed E-state index contributed by atoms with van der Waals surface area (Å²) < 4.78 is 5.20. The predicted molar refractivity (Wildman–Crippen MR) is 106 cm³/mol. The van der Waals surface area contributed by atoms with Crippen LogP contribution in [0.15, 0.2) is 42.5 Å². The van der Waals surface area contributed by atoms with E-state index in [0.717, 1.165) is 43.2 Å². The number of amides is 1. The summed E-state index contributed by atoms with van der Waals surface area (Å²) in [6, 6.07) is 13.7. The quantitative estimate of drug-likeness (QED) is 0.841. The zero-order valence-corrected chi connectivity index (χ0v) is 16.0. The lowest BCUT2D eigenvalue weighted by atomic mass is 10.2. The lowest BCUT2D eigenvalue weighted by molar-refractivity contribution is -0.892. The maximum atomic E-state index is 12.3. The van der Waals surface area contributed by atoms with Crippen molar-refractivity contribution in [3.8, 4) is 5.75 Å². The molecule has 5 nitrogen and oxygen atoms in total. The lowest BCUT2D eigenvalue weighted by Crippen LogP contribution is -3.15. The standard InChI is InChI=1S/C20H24ClN3O2/c1-15-3-4-16(13-19(15)21)22-20(25)14-23-9-11-24(12-10-23)17-5-7-18(26-2)8-6-17/h3-8,13H,9-12,14H2,1-2H3,(H,22,25)/p+1. The van der Waals surface area contributed by atoms with E-state index >= 15 is 0 Å². The van der Waals surface area contributed by atoms with Crippen molar-refractivity contribution < 1.29 is 14.4 Å². The smallest absolute Gasteiger partial charge is 0.279 e. The molecule has 0 atom stereocenters. The zero-order valence-electron chi connectivity index (χ0n) is 15.2. The first-order chi connectivity index (χ1) is 12.5. The molecule has 0 aromatic heterocycles. The van der Waals surface area contributed by atoms with E-state index in [-0.39, 0.29) is 5.91 Å². The molecule has 0 saturated carbocycles. The van der Waals surface area contributed by atoms with E-state index < -0.39 is 0 Å². The fraction of sp³-hybridized carbons (Fsp3) is 0.350. The van der Waals surface area contributed by atoms with Crippen LogP contribution in [0.3, 0.4) is 0 Å². The molecule has 1 saturated heterocycles. The number of piperazine rings is 1. The Balaban J connectivity index is 1.48. The fourth-order valence-electron chi connectivity index (χ4n) is 3.15. The van der Waals surface area contributed by atoms with Crippen LogP contribution in [0.5, 0.6) is 5.75 Å². The fourth-order valence-corrected chi connectivity index (χ4v) is 3.33. The molecule has 1 aliphatic heterocycles. The van der Waals surface area contributed by atoms with Gasteiger partial charge in [-0.25, -0.2) is 0 Å². The largest absolute Gasteiger partial charge is 0.497 e. The third kappa shape index (κ3) is 4.68. The molecular formula is C20H25ClN3O2+. The molecule has 0 bridgehead atoms. The number of benzene rings is 2. The number of nitrogens with one attached hydrogen (secondary N) is 2. The molecule has 1 aliphatic rings. The summed E-state index contributed by atoms with van der Waals surface area (Å²) in [6.45, 7) is 6.17. The number of hydrogen-bond acceptors (Lipinski definition) is 3. The van der Waals surface area contributed by atoms with Gasteiger partial charge in [-0.15, -0.1) is 0 Å². The number of halogens is 1. The van der Waals surface area contributed by atoms with Crippen molar-refractivity contribution in [2.24, 2.45) is 0 Å². The van der Waals surface area contributed by atoms with Crippen molar-refractivity contribution in [1.82, 2.24) is 0 Å². The molecule has 0 unspecified atom stereocenters. The average molecular weight is 375 g/mol. The Morgan fingerprint density at radius 1 is 1.19 bits per heavy atom. The Kier molecular flexibility index (Phi) is 6.01. The Hall–Kier alpha value is -2.24. The number of rotatable bonds is 5. The highest BCUT2D eigenvalue weighted by molar-refractivity contribution is 6.31. The van der Waals surface area contributed by atoms with Gasteiger partial charge in [-0.2, -0.15) is 0 Å². The number of ether oxygens (including phenoxy) is 1. The van der Waals surface area contributed by atoms with Gasteiger partial charge >= 0.3 is 0 Å². The van der Waals surface area contributed by atoms with Crippen LogP contribution in [0.1, 0.15) is 5.56 Å². The van der Waals surface area contributed by atoms with E-state index in [1.165, 1.54) is 10.6 Å². The molecule has 1 fully saturated rings. The minimum absolute atomic E-state index is 0.0258. The predicted octanol–water partition coefficient (Wildman–Crippen LogP) is 2.00. The summed E-state index contributed by atoms with van der Waals surface area (Å²) in [5.74, 6) is 0.892. The number of carbonyl (C=O) groups is 1. The van der Waals surface area contributed by atoms with E-state index in [0.29, 0.717) is 11.6 Å². The van der Waals surface area contributed by atoms with Crippen molar-refractivity contribution in [3.05, 3.63) is 53.1 Å². The third-order valence-corrected chi connectivity index (χ3v) is 5.18. The number of methoxy groups -OCH3 is 1. The van der Waals surface area contributed by atoms with Crippen LogP contribution in [0, 0.1) is 6.92 Å². The van der Waals surface area contributed by atoms with Gasteiger partial charge in [0.1, 0.15) is 5.75 Å². The summed E-state index contributed by atoms with van der Waals surface area (Å²) >= 11 is 6.11. The van der Waals surface area contributed by atoms with Gasteiger partial charge in [0.15, 0.2) is 6.54 Å². The second kappa shape index (κ2) is 8.43. The first kappa shape index (κ1) is 18.5. The van der Waals surface area contributed by atoms with Crippen molar-refractivity contribution >= 4 is 28.9 Å². The van der Waals surface area contributed by atoms with Gasteiger partial charge in [0.05, 0.1) is 33.3 Å². The molecule has 6 heteroatoms. The van der Waals surface area contributed by atoms with Crippen LogP contribution in [0.25, 0.3) is 0 Å². The molecule has 138 valence electrons. The molecule has 0 radical (unpaired) electrons. The molecule has 0 spiro atoms. The number of quaternary nitrogens is 1. The Morgan fingerprint density at radius 2 is 1.88 bits per heavy atom. The van der Waals surface area contributed by atoms with Gasteiger partial charge in [-0.3, -0.25) is 4.79 Å². The highest BCUT2D eigenvalue weighted by Gasteiger charge is 2.22. The van der Waals surface area contributed by atoms with Crippen LogP contribution >= 0.6 is 11.6 Å². The molecule has 3 rings (SSSR count). The Bertz CT molecular complexity index is 756. The van der Waals surface area contributed by atoms with E-state index in [1.807, 2.05) is 31.2 Å². The van der Waals surface area contributed by atoms with Gasteiger partial charge in [-0.1, -0.05) is 17.7 Å². The van der Waals surface area contributed by atoms with Crippen molar-refractivity contribution in [2.75, 3.05) is 50.1 Å². The number of hydrogen-bond donors (Lipinski definition) is 2. The molecule has 2 N–H and O–H groups in total. The number of anilines is 2. The molecular weight excluding hydrogens is 350 g/mol. The normalized spacial score (nSPS) is 15.0. The maximum Gasteiger partial charge on any atom is 0.279 e. The first-order valence-electron chi connectivity index (χ1n) is 8.84. The number of nitrogens with zero attached hydrogens (tertiary/aromatic N) is 1. The van der Waals surface area contributed by atoms with Gasteiger partial charge in [0.2, 0.25) is 0 Å². The Morgan fingerprint density at radius 3 is 2.50 bits per heavy atom. The van der Waals surface area contributed by atoms with Gasteiger partial charge in [0, 0.05) is 16.4 Å². The van der Waals surface area contributed by atoms with Gasteiger partial charge < -0.3 is 19.9 Å². The summed E-state index contributed by atoms with van der Waals surface area (Å²) in [4.78, 5) is 15.9. The summed E-state index contributed by atoms with van der Waals surface area (Å²) in [7, 11) is 1.67. The van der Waals surface area contributed by atoms with E-state index in [4.69, 9.17) is 16.3 Å². The van der Waals surface area contributed by atoms with Crippen molar-refractivity contribution in [2.45, 2.75) is 6.92 Å². The van der Waals surface area contributed by atoms with E-state index in [1.54, 1.807) is 13.2 Å². The second-order valence-corrected chi connectivity index (χ2v) is 7.03. The molecule has 2 aromatic carbocycles. The van der Waals surface area contributed by atoms with E-state index in [2.05, 4.69) is 22.3 Å². The maximum absolute atomic E-state index is 12.3. The number of aryl methyl sites for hydroxylation is 1. The van der Waals surface area contributed by atoms with Crippen LogP contribution < -0.4 is 19.9 Å². The molecule has 1 amide bonds. The highest BCUT2D eigenvalue weighted by atomic mass is 35.5. The minimum atomic E-state index is 0.0258. The van der Waals surface area contributed by atoms with E-state index in [9.17, 15) is 4.79 Å². The summed E-state index contributed by atoms with van der Waals surface area (Å²) in [6.07, 6.45) is 0. The van der Waals surface area contributed by atoms with Crippen LogP contribution in [0.4, 0.5) is 11.4 Å². The van der Waals surface area contributed by atoms with Gasteiger partial charge in [-0.05, 0) is 48.9 Å². The van der Waals surface area contributed by atoms with Crippen molar-refractivity contribution in [3.63, 3.8) is 0 Å². The zero-order chi connectivity index (χ0) is 18.5. The molecule has 26 heavy (non-hydrogen) atoms. The third-order valence-electron chi connectivity index (χ3n) is 4.77. The minimum Gasteiger partial charge on any atom is -0.497 e. The first-order valence-corrected chi connectivity index (χ1v) is 9.21. The number of carbonyl (C=O) groups excluding carboxylic acids is 1. The van der Waals surface area contributed by atoms with Gasteiger partial charge in [0.25, 0.3) is 5.91 Å². The SMILES string of the molecule is COc1ccc(N2CC[NH+](CC(=O)Nc3ccc(C)c(Cl)c3)CC2)cc1. The van der Waals surface area contributed by atoms with Crippen LogP contribution in [-0.2, 0) is 4.79 Å². The lowest BCUT2D eigenvalue weighted by Gasteiger charge is -2.33. The summed E-state index contributed by atoms with van der Waals surface area (Å²) in [5, 5.41) is 3.61. The molecule has 0 aliphatic carbocycles.